The van der Waals surface area contributed by atoms with E-state index in [1.165, 1.54) is 32.1 Å². The van der Waals surface area contributed by atoms with E-state index >= 15 is 0 Å². The van der Waals surface area contributed by atoms with Crippen molar-refractivity contribution in [3.8, 4) is 5.88 Å². The molecule has 0 radical (unpaired) electrons. The van der Waals surface area contributed by atoms with E-state index in [9.17, 15) is 8.42 Å². The van der Waals surface area contributed by atoms with Crippen molar-refractivity contribution in [1.29, 1.82) is 0 Å². The summed E-state index contributed by atoms with van der Waals surface area (Å²) in [6.07, 6.45) is 8.77. The van der Waals surface area contributed by atoms with Gasteiger partial charge in [-0.1, -0.05) is 32.1 Å². The summed E-state index contributed by atoms with van der Waals surface area (Å²) in [4.78, 5) is 4.26. The molecule has 3 aliphatic rings. The molecule has 0 amide bonds. The summed E-state index contributed by atoms with van der Waals surface area (Å²) < 4.78 is 41.5. The SMILES string of the molecule is NCc1ccnc(OC[C@H]2C[C@H](C3CCCCC3)CN2S(=O)(=O)N2CCOCC2)c1. The molecule has 0 unspecified atom stereocenters. The maximum atomic E-state index is 13.4. The van der Waals surface area contributed by atoms with Crippen LogP contribution in [0, 0.1) is 11.8 Å². The monoisotopic (exact) mass is 438 g/mol. The molecule has 8 nitrogen and oxygen atoms in total. The van der Waals surface area contributed by atoms with Crippen molar-refractivity contribution in [3.63, 3.8) is 0 Å². The number of nitrogens with zero attached hydrogens (tertiary/aromatic N) is 3. The van der Waals surface area contributed by atoms with E-state index in [-0.39, 0.29) is 6.04 Å². The number of hydrogen-bond donors (Lipinski definition) is 1. The van der Waals surface area contributed by atoms with E-state index in [1.807, 2.05) is 12.1 Å². The van der Waals surface area contributed by atoms with E-state index in [4.69, 9.17) is 15.2 Å². The Morgan fingerprint density at radius 1 is 1.17 bits per heavy atom. The molecule has 0 bridgehead atoms. The van der Waals surface area contributed by atoms with Crippen LogP contribution in [0.1, 0.15) is 44.1 Å². The minimum atomic E-state index is -3.53. The lowest BCUT2D eigenvalue weighted by Gasteiger charge is -2.33. The van der Waals surface area contributed by atoms with Crippen LogP contribution in [0.5, 0.6) is 5.88 Å². The Kier molecular flexibility index (Phi) is 7.25. The fourth-order valence-corrected chi connectivity index (χ4v) is 6.88. The molecule has 2 atom stereocenters. The average Bonchev–Trinajstić information content (AvgIpc) is 3.24. The van der Waals surface area contributed by atoms with Crippen molar-refractivity contribution in [3.05, 3.63) is 23.9 Å². The zero-order valence-electron chi connectivity index (χ0n) is 17.6. The molecular weight excluding hydrogens is 404 g/mol. The highest BCUT2D eigenvalue weighted by atomic mass is 32.2. The Morgan fingerprint density at radius 3 is 2.67 bits per heavy atom. The summed E-state index contributed by atoms with van der Waals surface area (Å²) in [7, 11) is -3.53. The minimum Gasteiger partial charge on any atom is -0.476 e. The van der Waals surface area contributed by atoms with Crippen LogP contribution < -0.4 is 10.5 Å². The molecule has 1 aliphatic carbocycles. The van der Waals surface area contributed by atoms with Crippen molar-refractivity contribution in [1.82, 2.24) is 13.6 Å². The third-order valence-electron chi connectivity index (χ3n) is 6.76. The van der Waals surface area contributed by atoms with E-state index in [0.29, 0.717) is 63.7 Å². The van der Waals surface area contributed by atoms with Crippen LogP contribution in [-0.2, 0) is 21.5 Å². The molecule has 9 heteroatoms. The van der Waals surface area contributed by atoms with Gasteiger partial charge in [-0.3, -0.25) is 0 Å². The van der Waals surface area contributed by atoms with Gasteiger partial charge in [0.2, 0.25) is 5.88 Å². The highest BCUT2D eigenvalue weighted by Crippen LogP contribution is 2.39. The van der Waals surface area contributed by atoms with Crippen LogP contribution in [0.3, 0.4) is 0 Å². The fourth-order valence-electron chi connectivity index (χ4n) is 5.07. The molecule has 1 saturated carbocycles. The Labute approximate surface area is 179 Å². The van der Waals surface area contributed by atoms with Crippen LogP contribution in [0.25, 0.3) is 0 Å². The lowest BCUT2D eigenvalue weighted by molar-refractivity contribution is 0.0692. The van der Waals surface area contributed by atoms with Crippen LogP contribution in [0.2, 0.25) is 0 Å². The maximum absolute atomic E-state index is 13.4. The number of nitrogens with two attached hydrogens (primary N) is 1. The number of hydrogen-bond acceptors (Lipinski definition) is 6. The molecule has 3 fully saturated rings. The fraction of sp³-hybridized carbons (Fsp3) is 0.762. The van der Waals surface area contributed by atoms with Gasteiger partial charge in [0.1, 0.15) is 6.61 Å². The standard InChI is InChI=1S/C21H34N4O4S/c22-14-17-6-7-23-21(12-17)29-16-20-13-19(18-4-2-1-3-5-18)15-25(20)30(26,27)24-8-10-28-11-9-24/h6-7,12,18-20H,1-5,8-11,13-16,22H2/t19-,20+/m0/s1. The molecule has 2 saturated heterocycles. The molecule has 0 aromatic carbocycles. The first-order valence-corrected chi connectivity index (χ1v) is 12.6. The number of aromatic nitrogens is 1. The Morgan fingerprint density at radius 2 is 1.93 bits per heavy atom. The zero-order chi connectivity index (χ0) is 21.0. The van der Waals surface area contributed by atoms with E-state index in [0.717, 1.165) is 12.0 Å². The zero-order valence-corrected chi connectivity index (χ0v) is 18.4. The molecule has 30 heavy (non-hydrogen) atoms. The quantitative estimate of drug-likeness (QED) is 0.697. The first-order valence-electron chi connectivity index (χ1n) is 11.2. The topological polar surface area (TPSA) is 98.0 Å². The Balaban J connectivity index is 1.49. The first kappa shape index (κ1) is 22.0. The second-order valence-electron chi connectivity index (χ2n) is 8.65. The summed E-state index contributed by atoms with van der Waals surface area (Å²) in [6, 6.07) is 3.51. The van der Waals surface area contributed by atoms with Crippen LogP contribution in [-0.4, -0.2) is 67.5 Å². The van der Waals surface area contributed by atoms with Gasteiger partial charge in [0, 0.05) is 38.4 Å². The van der Waals surface area contributed by atoms with Gasteiger partial charge in [0.05, 0.1) is 19.3 Å². The Hall–Kier alpha value is -1.26. The van der Waals surface area contributed by atoms with E-state index < -0.39 is 10.2 Å². The third kappa shape index (κ3) is 4.96. The molecule has 4 rings (SSSR count). The van der Waals surface area contributed by atoms with Crippen molar-refractivity contribution in [2.24, 2.45) is 17.6 Å². The summed E-state index contributed by atoms with van der Waals surface area (Å²) in [5.41, 5.74) is 6.66. The van der Waals surface area contributed by atoms with E-state index in [1.54, 1.807) is 14.8 Å². The predicted octanol–water partition coefficient (Wildman–Crippen LogP) is 1.77. The highest BCUT2D eigenvalue weighted by Gasteiger charge is 2.45. The van der Waals surface area contributed by atoms with Crippen molar-refractivity contribution in [2.45, 2.75) is 51.1 Å². The lowest BCUT2D eigenvalue weighted by Crippen LogP contribution is -2.51. The normalized spacial score (nSPS) is 27.4. The third-order valence-corrected chi connectivity index (χ3v) is 8.82. The number of pyridine rings is 1. The molecule has 168 valence electrons. The Bertz CT molecular complexity index is 794. The molecule has 0 spiro atoms. The summed E-state index contributed by atoms with van der Waals surface area (Å²) in [5.74, 6) is 1.52. The van der Waals surface area contributed by atoms with Gasteiger partial charge in [-0.2, -0.15) is 17.0 Å². The summed E-state index contributed by atoms with van der Waals surface area (Å²) in [5, 5.41) is 0. The molecule has 2 aliphatic heterocycles. The molecule has 1 aromatic heterocycles. The van der Waals surface area contributed by atoms with Gasteiger partial charge in [0.25, 0.3) is 10.2 Å². The highest BCUT2D eigenvalue weighted by molar-refractivity contribution is 7.86. The second-order valence-corrected chi connectivity index (χ2v) is 10.5. The van der Waals surface area contributed by atoms with E-state index in [2.05, 4.69) is 4.98 Å². The summed E-state index contributed by atoms with van der Waals surface area (Å²) >= 11 is 0. The van der Waals surface area contributed by atoms with Crippen molar-refractivity contribution in [2.75, 3.05) is 39.5 Å². The average molecular weight is 439 g/mol. The van der Waals surface area contributed by atoms with Gasteiger partial charge >= 0.3 is 0 Å². The second kappa shape index (κ2) is 9.91. The number of morpholine rings is 1. The van der Waals surface area contributed by atoms with Crippen molar-refractivity contribution >= 4 is 10.2 Å². The molecule has 3 heterocycles. The predicted molar refractivity (Wildman–Crippen MR) is 114 cm³/mol. The van der Waals surface area contributed by atoms with Crippen LogP contribution in [0.15, 0.2) is 18.3 Å². The number of ether oxygens (including phenoxy) is 2. The van der Waals surface area contributed by atoms with Gasteiger partial charge in [0.15, 0.2) is 0 Å². The number of rotatable bonds is 7. The van der Waals surface area contributed by atoms with Crippen LogP contribution >= 0.6 is 0 Å². The lowest BCUT2D eigenvalue weighted by atomic mass is 9.79. The van der Waals surface area contributed by atoms with Gasteiger partial charge in [-0.05, 0) is 29.9 Å². The largest absolute Gasteiger partial charge is 0.476 e. The van der Waals surface area contributed by atoms with Gasteiger partial charge in [-0.15, -0.1) is 0 Å². The molecular formula is C21H34N4O4S. The maximum Gasteiger partial charge on any atom is 0.282 e. The minimum absolute atomic E-state index is 0.173. The molecule has 1 aromatic rings. The molecule has 2 N–H and O–H groups in total. The smallest absolute Gasteiger partial charge is 0.282 e. The first-order chi connectivity index (χ1) is 14.6. The van der Waals surface area contributed by atoms with Crippen molar-refractivity contribution < 1.29 is 17.9 Å². The van der Waals surface area contributed by atoms with Gasteiger partial charge in [-0.25, -0.2) is 4.98 Å². The van der Waals surface area contributed by atoms with Gasteiger partial charge < -0.3 is 15.2 Å². The van der Waals surface area contributed by atoms with Crippen LogP contribution in [0.4, 0.5) is 0 Å². The summed E-state index contributed by atoms with van der Waals surface area (Å²) in [6.45, 7) is 3.07.